The summed E-state index contributed by atoms with van der Waals surface area (Å²) in [4.78, 5) is 36.0. The lowest BCUT2D eigenvalue weighted by Crippen LogP contribution is -2.57. The number of carbonyl (C=O) groups excluding carboxylic acids is 2. The Morgan fingerprint density at radius 2 is 2.04 bits per heavy atom. The van der Waals surface area contributed by atoms with Gasteiger partial charge in [-0.2, -0.15) is 0 Å². The summed E-state index contributed by atoms with van der Waals surface area (Å²) in [6, 6.07) is 4.06. The minimum atomic E-state index is -0.0841. The SMILES string of the molecule is CC(C)C(=O)N1CCC2(CC1)[C@H]1CN(Cc3cccnc3)C[C@H]1C(=O)N2C. The second-order valence-corrected chi connectivity index (χ2v) is 8.75. The molecule has 4 rings (SSSR count). The number of pyridine rings is 1. The van der Waals surface area contributed by atoms with Crippen LogP contribution in [0.15, 0.2) is 24.5 Å². The van der Waals surface area contributed by atoms with E-state index in [-0.39, 0.29) is 29.2 Å². The van der Waals surface area contributed by atoms with Crippen LogP contribution < -0.4 is 0 Å². The molecular weight excluding hydrogens is 340 g/mol. The highest BCUT2D eigenvalue weighted by atomic mass is 16.2. The van der Waals surface area contributed by atoms with Crippen molar-refractivity contribution in [1.82, 2.24) is 19.7 Å². The molecule has 27 heavy (non-hydrogen) atoms. The quantitative estimate of drug-likeness (QED) is 0.811. The number of carbonyl (C=O) groups is 2. The number of amides is 2. The van der Waals surface area contributed by atoms with E-state index in [4.69, 9.17) is 0 Å². The number of aromatic nitrogens is 1. The first kappa shape index (κ1) is 18.4. The lowest BCUT2D eigenvalue weighted by atomic mass is 9.75. The first-order valence-electron chi connectivity index (χ1n) is 10.1. The first-order chi connectivity index (χ1) is 12.9. The number of rotatable bonds is 3. The number of piperidine rings is 1. The van der Waals surface area contributed by atoms with E-state index in [2.05, 4.69) is 16.0 Å². The molecule has 0 unspecified atom stereocenters. The van der Waals surface area contributed by atoms with E-state index < -0.39 is 0 Å². The predicted molar refractivity (Wildman–Crippen MR) is 103 cm³/mol. The Morgan fingerprint density at radius 3 is 2.67 bits per heavy atom. The number of hydrogen-bond donors (Lipinski definition) is 0. The molecule has 0 saturated carbocycles. The monoisotopic (exact) mass is 370 g/mol. The molecule has 3 saturated heterocycles. The topological polar surface area (TPSA) is 56.8 Å². The Bertz CT molecular complexity index is 712. The lowest BCUT2D eigenvalue weighted by Gasteiger charge is -2.47. The minimum Gasteiger partial charge on any atom is -0.342 e. The van der Waals surface area contributed by atoms with Crippen molar-refractivity contribution in [2.24, 2.45) is 17.8 Å². The summed E-state index contributed by atoms with van der Waals surface area (Å²) in [6.45, 7) is 8.09. The van der Waals surface area contributed by atoms with Crippen LogP contribution in [0, 0.1) is 17.8 Å². The molecule has 3 aliphatic heterocycles. The van der Waals surface area contributed by atoms with Gasteiger partial charge in [0, 0.05) is 64.0 Å². The molecule has 3 fully saturated rings. The summed E-state index contributed by atoms with van der Waals surface area (Å²) in [5.74, 6) is 1.02. The summed E-state index contributed by atoms with van der Waals surface area (Å²) in [7, 11) is 1.98. The lowest BCUT2D eigenvalue weighted by molar-refractivity contribution is -0.139. The normalized spacial score (nSPS) is 27.6. The van der Waals surface area contributed by atoms with Crippen LogP contribution in [-0.4, -0.2) is 70.3 Å². The molecule has 3 aliphatic rings. The van der Waals surface area contributed by atoms with Crippen LogP contribution in [0.2, 0.25) is 0 Å². The first-order valence-corrected chi connectivity index (χ1v) is 10.1. The summed E-state index contributed by atoms with van der Waals surface area (Å²) in [5, 5.41) is 0. The van der Waals surface area contributed by atoms with Crippen LogP contribution in [0.25, 0.3) is 0 Å². The zero-order chi connectivity index (χ0) is 19.2. The van der Waals surface area contributed by atoms with Crippen LogP contribution in [0.3, 0.4) is 0 Å². The molecule has 0 aliphatic carbocycles. The maximum absolute atomic E-state index is 13.0. The van der Waals surface area contributed by atoms with Gasteiger partial charge in [0.15, 0.2) is 0 Å². The van der Waals surface area contributed by atoms with Crippen LogP contribution in [0.5, 0.6) is 0 Å². The van der Waals surface area contributed by atoms with Gasteiger partial charge in [0.25, 0.3) is 0 Å². The molecule has 1 aromatic heterocycles. The van der Waals surface area contributed by atoms with Crippen molar-refractivity contribution in [2.45, 2.75) is 38.8 Å². The molecule has 4 heterocycles. The molecule has 146 valence electrons. The largest absolute Gasteiger partial charge is 0.342 e. The Labute approximate surface area is 161 Å². The van der Waals surface area contributed by atoms with Gasteiger partial charge in [0.1, 0.15) is 0 Å². The molecule has 2 atom stereocenters. The smallest absolute Gasteiger partial charge is 0.227 e. The Hall–Kier alpha value is -1.95. The van der Waals surface area contributed by atoms with Crippen LogP contribution in [0.4, 0.5) is 0 Å². The molecule has 2 amide bonds. The molecule has 1 aromatic rings. The fraction of sp³-hybridized carbons (Fsp3) is 0.667. The number of likely N-dealkylation sites (tertiary alicyclic amines) is 3. The highest BCUT2D eigenvalue weighted by Crippen LogP contribution is 2.49. The third kappa shape index (κ3) is 3.04. The predicted octanol–water partition coefficient (Wildman–Crippen LogP) is 1.62. The molecule has 0 aromatic carbocycles. The second kappa shape index (κ2) is 6.89. The Morgan fingerprint density at radius 1 is 1.30 bits per heavy atom. The highest BCUT2D eigenvalue weighted by molar-refractivity contribution is 5.84. The zero-order valence-electron chi connectivity index (χ0n) is 16.6. The van der Waals surface area contributed by atoms with Gasteiger partial charge in [-0.05, 0) is 24.5 Å². The van der Waals surface area contributed by atoms with Gasteiger partial charge in [-0.25, -0.2) is 0 Å². The summed E-state index contributed by atoms with van der Waals surface area (Å²) < 4.78 is 0. The van der Waals surface area contributed by atoms with E-state index in [1.165, 1.54) is 5.56 Å². The van der Waals surface area contributed by atoms with Crippen molar-refractivity contribution in [2.75, 3.05) is 33.2 Å². The van der Waals surface area contributed by atoms with E-state index in [0.717, 1.165) is 45.6 Å². The van der Waals surface area contributed by atoms with Gasteiger partial charge >= 0.3 is 0 Å². The Balaban J connectivity index is 1.48. The van der Waals surface area contributed by atoms with Gasteiger partial charge in [-0.3, -0.25) is 19.5 Å². The maximum Gasteiger partial charge on any atom is 0.227 e. The van der Waals surface area contributed by atoms with Gasteiger partial charge in [0.05, 0.1) is 11.5 Å². The van der Waals surface area contributed by atoms with Crippen molar-refractivity contribution in [3.05, 3.63) is 30.1 Å². The van der Waals surface area contributed by atoms with Gasteiger partial charge in [-0.1, -0.05) is 19.9 Å². The summed E-state index contributed by atoms with van der Waals surface area (Å²) in [5.41, 5.74) is 1.11. The van der Waals surface area contributed by atoms with E-state index in [1.807, 2.05) is 43.0 Å². The van der Waals surface area contributed by atoms with Crippen molar-refractivity contribution in [1.29, 1.82) is 0 Å². The van der Waals surface area contributed by atoms with Crippen molar-refractivity contribution < 1.29 is 9.59 Å². The summed E-state index contributed by atoms with van der Waals surface area (Å²) in [6.07, 6.45) is 5.50. The van der Waals surface area contributed by atoms with E-state index in [9.17, 15) is 9.59 Å². The second-order valence-electron chi connectivity index (χ2n) is 8.75. The molecular formula is C21H30N4O2. The fourth-order valence-electron chi connectivity index (χ4n) is 5.46. The third-order valence-corrected chi connectivity index (χ3v) is 6.97. The molecule has 6 nitrogen and oxygen atoms in total. The van der Waals surface area contributed by atoms with Gasteiger partial charge in [-0.15, -0.1) is 0 Å². The minimum absolute atomic E-state index is 0.0381. The zero-order valence-corrected chi connectivity index (χ0v) is 16.6. The molecule has 0 radical (unpaired) electrons. The van der Waals surface area contributed by atoms with Crippen molar-refractivity contribution in [3.63, 3.8) is 0 Å². The Kier molecular flexibility index (Phi) is 4.70. The molecule has 6 heteroatoms. The molecule has 1 spiro atoms. The summed E-state index contributed by atoms with van der Waals surface area (Å²) >= 11 is 0. The molecule has 0 bridgehead atoms. The fourth-order valence-corrected chi connectivity index (χ4v) is 5.46. The molecule has 0 N–H and O–H groups in total. The number of hydrogen-bond acceptors (Lipinski definition) is 4. The van der Waals surface area contributed by atoms with Crippen LogP contribution in [-0.2, 0) is 16.1 Å². The van der Waals surface area contributed by atoms with E-state index in [0.29, 0.717) is 5.92 Å². The number of nitrogens with zero attached hydrogens (tertiary/aromatic N) is 4. The van der Waals surface area contributed by atoms with Crippen LogP contribution in [0.1, 0.15) is 32.3 Å². The van der Waals surface area contributed by atoms with Gasteiger partial charge < -0.3 is 9.80 Å². The number of fused-ring (bicyclic) bond motifs is 2. The average Bonchev–Trinajstić information content (AvgIpc) is 3.17. The van der Waals surface area contributed by atoms with Gasteiger partial charge in [0.2, 0.25) is 11.8 Å². The maximum atomic E-state index is 13.0. The standard InChI is InChI=1S/C21H30N4O2/c1-15(2)19(26)25-9-6-21(7-10-25)18-14-24(12-16-5-4-8-22-11-16)13-17(18)20(27)23(21)3/h4-5,8,11,15,17-18H,6-7,9-10,12-14H2,1-3H3/t17-,18+/m1/s1. The third-order valence-electron chi connectivity index (χ3n) is 6.97. The van der Waals surface area contributed by atoms with E-state index in [1.54, 1.807) is 6.20 Å². The highest BCUT2D eigenvalue weighted by Gasteiger charge is 2.60. The van der Waals surface area contributed by atoms with Crippen molar-refractivity contribution in [3.8, 4) is 0 Å². The van der Waals surface area contributed by atoms with Crippen LogP contribution >= 0.6 is 0 Å². The van der Waals surface area contributed by atoms with Crippen molar-refractivity contribution >= 4 is 11.8 Å². The average molecular weight is 370 g/mol. The van der Waals surface area contributed by atoms with E-state index >= 15 is 0 Å².